The second-order valence-electron chi connectivity index (χ2n) is 11.4. The third-order valence-corrected chi connectivity index (χ3v) is 8.25. The molecule has 3 aromatic rings. The number of hydrogen-bond donors (Lipinski definition) is 4. The minimum Gasteiger partial charge on any atom is -0.493 e. The summed E-state index contributed by atoms with van der Waals surface area (Å²) in [6, 6.07) is 19.3. The fraction of sp³-hybridized carbons (Fsp3) is 0.412. The van der Waals surface area contributed by atoms with E-state index in [0.29, 0.717) is 25.1 Å². The molecule has 5 rings (SSSR count). The number of hydroxylamine groups is 1. The van der Waals surface area contributed by atoms with Gasteiger partial charge in [-0.25, -0.2) is 5.48 Å². The SMILES string of the molecule is COc1cc2c(cc1OC)CN(CC1CC(c3ccc(CO)cc3)OC(c3cccc(NC(=O)CCCC(=O)NO)c3)O1)CC2. The molecule has 1 saturated heterocycles. The van der Waals surface area contributed by atoms with E-state index in [1.165, 1.54) is 11.1 Å². The molecule has 11 heteroatoms. The Bertz CT molecular complexity index is 1460. The Balaban J connectivity index is 1.31. The zero-order chi connectivity index (χ0) is 31.8. The molecule has 0 spiro atoms. The highest BCUT2D eigenvalue weighted by atomic mass is 16.7. The van der Waals surface area contributed by atoms with Gasteiger partial charge in [-0.1, -0.05) is 36.4 Å². The molecule has 0 radical (unpaired) electrons. The number of ether oxygens (including phenoxy) is 4. The van der Waals surface area contributed by atoms with Crippen LogP contribution in [-0.4, -0.2) is 60.4 Å². The summed E-state index contributed by atoms with van der Waals surface area (Å²) in [5.74, 6) is 0.695. The number of benzene rings is 3. The molecular formula is C34H41N3O8. The van der Waals surface area contributed by atoms with Crippen LogP contribution in [0.25, 0.3) is 0 Å². The first-order valence-corrected chi connectivity index (χ1v) is 15.2. The monoisotopic (exact) mass is 619 g/mol. The summed E-state index contributed by atoms with van der Waals surface area (Å²) >= 11 is 0. The van der Waals surface area contributed by atoms with Gasteiger partial charge < -0.3 is 29.4 Å². The van der Waals surface area contributed by atoms with Crippen LogP contribution in [0.5, 0.6) is 11.5 Å². The highest BCUT2D eigenvalue weighted by Crippen LogP contribution is 2.39. The van der Waals surface area contributed by atoms with Gasteiger partial charge in [-0.3, -0.25) is 19.7 Å². The van der Waals surface area contributed by atoms with Crippen molar-refractivity contribution in [3.05, 3.63) is 88.5 Å². The van der Waals surface area contributed by atoms with Crippen molar-refractivity contribution >= 4 is 17.5 Å². The first-order chi connectivity index (χ1) is 21.9. The highest BCUT2D eigenvalue weighted by Gasteiger charge is 2.34. The number of methoxy groups -OCH3 is 2. The number of hydrogen-bond acceptors (Lipinski definition) is 9. The van der Waals surface area contributed by atoms with Crippen molar-refractivity contribution in [1.29, 1.82) is 0 Å². The van der Waals surface area contributed by atoms with E-state index in [1.54, 1.807) is 25.8 Å². The molecule has 3 unspecified atom stereocenters. The lowest BCUT2D eigenvalue weighted by molar-refractivity contribution is -0.253. The second kappa shape index (κ2) is 15.3. The van der Waals surface area contributed by atoms with Gasteiger partial charge in [0.05, 0.1) is 33.0 Å². The van der Waals surface area contributed by atoms with Crippen LogP contribution in [0, 0.1) is 0 Å². The van der Waals surface area contributed by atoms with Crippen LogP contribution in [-0.2, 0) is 38.6 Å². The molecule has 240 valence electrons. The van der Waals surface area contributed by atoms with Gasteiger partial charge in [0, 0.05) is 50.1 Å². The number of carbonyl (C=O) groups is 2. The summed E-state index contributed by atoms with van der Waals surface area (Å²) in [7, 11) is 3.30. The van der Waals surface area contributed by atoms with Crippen molar-refractivity contribution in [2.75, 3.05) is 32.6 Å². The van der Waals surface area contributed by atoms with Crippen LogP contribution >= 0.6 is 0 Å². The van der Waals surface area contributed by atoms with Crippen molar-refractivity contribution in [3.8, 4) is 11.5 Å². The summed E-state index contributed by atoms with van der Waals surface area (Å²) in [4.78, 5) is 26.1. The molecule has 2 aliphatic heterocycles. The van der Waals surface area contributed by atoms with Crippen LogP contribution in [0.3, 0.4) is 0 Å². The zero-order valence-electron chi connectivity index (χ0n) is 25.7. The van der Waals surface area contributed by atoms with E-state index in [0.717, 1.165) is 47.7 Å². The number of fused-ring (bicyclic) bond motifs is 1. The average molecular weight is 620 g/mol. The summed E-state index contributed by atoms with van der Waals surface area (Å²) in [6.07, 6.45) is 1.01. The zero-order valence-corrected chi connectivity index (χ0v) is 25.7. The molecule has 3 aromatic carbocycles. The van der Waals surface area contributed by atoms with Crippen molar-refractivity contribution in [2.45, 2.75) is 63.8 Å². The van der Waals surface area contributed by atoms with Gasteiger partial charge in [-0.2, -0.15) is 0 Å². The topological polar surface area (TPSA) is 139 Å². The fourth-order valence-corrected chi connectivity index (χ4v) is 5.87. The number of nitrogens with zero attached hydrogens (tertiary/aromatic N) is 1. The molecule has 2 amide bonds. The number of carbonyl (C=O) groups excluding carboxylic acids is 2. The molecule has 0 bridgehead atoms. The number of anilines is 1. The van der Waals surface area contributed by atoms with Gasteiger partial charge in [0.1, 0.15) is 0 Å². The minimum atomic E-state index is -0.669. The van der Waals surface area contributed by atoms with Gasteiger partial charge in [-0.15, -0.1) is 0 Å². The van der Waals surface area contributed by atoms with Crippen LogP contribution in [0.15, 0.2) is 60.7 Å². The van der Waals surface area contributed by atoms with E-state index in [9.17, 15) is 14.7 Å². The molecule has 4 N–H and O–H groups in total. The van der Waals surface area contributed by atoms with Crippen molar-refractivity contribution < 1.29 is 38.9 Å². The average Bonchev–Trinajstić information content (AvgIpc) is 3.07. The molecule has 11 nitrogen and oxygen atoms in total. The van der Waals surface area contributed by atoms with Crippen molar-refractivity contribution in [3.63, 3.8) is 0 Å². The maximum Gasteiger partial charge on any atom is 0.243 e. The Morgan fingerprint density at radius 2 is 1.67 bits per heavy atom. The summed E-state index contributed by atoms with van der Waals surface area (Å²) < 4.78 is 24.1. The Labute approximate surface area is 263 Å². The molecule has 1 fully saturated rings. The fourth-order valence-electron chi connectivity index (χ4n) is 5.87. The normalized spacial score (nSPS) is 19.8. The van der Waals surface area contributed by atoms with E-state index in [2.05, 4.69) is 22.3 Å². The minimum absolute atomic E-state index is 0.0274. The van der Waals surface area contributed by atoms with Gasteiger partial charge in [0.2, 0.25) is 11.8 Å². The Morgan fingerprint density at radius 1 is 0.933 bits per heavy atom. The van der Waals surface area contributed by atoms with Crippen LogP contribution in [0.2, 0.25) is 0 Å². The number of aliphatic hydroxyl groups is 1. The standard InChI is InChI=1S/C34H41N3O8/c1-42-30-16-24-13-14-37(19-26(24)17-31(30)43-2)20-28-18-29(23-11-9-22(21-38)10-12-23)45-34(44-28)25-5-3-6-27(15-25)35-32(39)7-4-8-33(40)36-41/h3,5-6,9-12,15-17,28-29,34,38,41H,4,7-8,13-14,18-21H2,1-2H3,(H,35,39)(H,36,40). The third-order valence-electron chi connectivity index (χ3n) is 8.25. The third kappa shape index (κ3) is 8.38. The predicted octanol–water partition coefficient (Wildman–Crippen LogP) is 4.41. The van der Waals surface area contributed by atoms with Gasteiger partial charge in [0.15, 0.2) is 17.8 Å². The van der Waals surface area contributed by atoms with Crippen LogP contribution in [0.4, 0.5) is 5.69 Å². The molecule has 2 aliphatic rings. The smallest absolute Gasteiger partial charge is 0.243 e. The maximum absolute atomic E-state index is 12.5. The lowest BCUT2D eigenvalue weighted by Gasteiger charge is -2.39. The van der Waals surface area contributed by atoms with E-state index >= 15 is 0 Å². The van der Waals surface area contributed by atoms with Crippen molar-refractivity contribution in [2.24, 2.45) is 0 Å². The van der Waals surface area contributed by atoms with E-state index < -0.39 is 12.2 Å². The molecule has 0 aliphatic carbocycles. The van der Waals surface area contributed by atoms with E-state index in [1.807, 2.05) is 42.5 Å². The number of nitrogens with one attached hydrogen (secondary N) is 2. The van der Waals surface area contributed by atoms with E-state index in [4.69, 9.17) is 24.2 Å². The lowest BCUT2D eigenvalue weighted by Crippen LogP contribution is -2.41. The quantitative estimate of drug-likeness (QED) is 0.172. The Kier molecular flexibility index (Phi) is 11.0. The lowest BCUT2D eigenvalue weighted by atomic mass is 9.97. The van der Waals surface area contributed by atoms with Gasteiger partial charge in [0.25, 0.3) is 0 Å². The largest absolute Gasteiger partial charge is 0.493 e. The van der Waals surface area contributed by atoms with Crippen LogP contribution < -0.4 is 20.3 Å². The number of aliphatic hydroxyl groups excluding tert-OH is 1. The number of rotatable bonds is 12. The molecular weight excluding hydrogens is 578 g/mol. The Morgan fingerprint density at radius 3 is 2.38 bits per heavy atom. The van der Waals surface area contributed by atoms with Gasteiger partial charge >= 0.3 is 0 Å². The second-order valence-corrected chi connectivity index (χ2v) is 11.4. The summed E-state index contributed by atoms with van der Waals surface area (Å²) in [5, 5.41) is 21.1. The molecule has 2 heterocycles. The van der Waals surface area contributed by atoms with Gasteiger partial charge in [-0.05, 0) is 59.4 Å². The van der Waals surface area contributed by atoms with Crippen LogP contribution in [0.1, 0.15) is 65.9 Å². The first-order valence-electron chi connectivity index (χ1n) is 15.2. The molecule has 0 aromatic heterocycles. The van der Waals surface area contributed by atoms with E-state index in [-0.39, 0.29) is 37.6 Å². The van der Waals surface area contributed by atoms with Crippen molar-refractivity contribution in [1.82, 2.24) is 10.4 Å². The summed E-state index contributed by atoms with van der Waals surface area (Å²) in [5.41, 5.74) is 7.24. The Hall–Kier alpha value is -4.00. The highest BCUT2D eigenvalue weighted by molar-refractivity contribution is 5.91. The molecule has 45 heavy (non-hydrogen) atoms. The maximum atomic E-state index is 12.5. The molecule has 0 saturated carbocycles. The first kappa shape index (κ1) is 32.4. The predicted molar refractivity (Wildman–Crippen MR) is 166 cm³/mol. The molecule has 3 atom stereocenters. The summed E-state index contributed by atoms with van der Waals surface area (Å²) in [6.45, 7) is 2.32. The number of amides is 2.